The molecule has 0 saturated carbocycles. The van der Waals surface area contributed by atoms with Crippen LogP contribution in [0.3, 0.4) is 0 Å². The summed E-state index contributed by atoms with van der Waals surface area (Å²) in [4.78, 5) is 22.8. The van der Waals surface area contributed by atoms with Gasteiger partial charge in [0.15, 0.2) is 0 Å². The molecule has 0 spiro atoms. The average molecular weight is 278 g/mol. The minimum absolute atomic E-state index is 0.0597. The highest BCUT2D eigenvalue weighted by molar-refractivity contribution is 5.92. The molecule has 1 N–H and O–H groups in total. The zero-order valence-corrected chi connectivity index (χ0v) is 12.3. The first-order chi connectivity index (χ1) is 9.61. The minimum atomic E-state index is -0.0831. The summed E-state index contributed by atoms with van der Waals surface area (Å²) in [7, 11) is 0. The van der Waals surface area contributed by atoms with Crippen LogP contribution in [-0.2, 0) is 4.74 Å². The molecule has 1 aromatic rings. The highest BCUT2D eigenvalue weighted by atomic mass is 16.5. The largest absolute Gasteiger partial charge is 0.375 e. The molecule has 0 aliphatic carbocycles. The van der Waals surface area contributed by atoms with E-state index in [-0.39, 0.29) is 18.1 Å². The molecule has 2 rings (SSSR count). The molecule has 2 heterocycles. The predicted octanol–water partition coefficient (Wildman–Crippen LogP) is 1.55. The van der Waals surface area contributed by atoms with Crippen molar-refractivity contribution in [2.45, 2.75) is 39.3 Å². The standard InChI is InChI=1S/C14H22N4O2/c1-4-5-16-13-7-15-6-12(17-13)14(19)18-8-11(3)20-9-10(18)2/h6-7,10-11H,4-5,8-9H2,1-3H3,(H,16,17). The van der Waals surface area contributed by atoms with Crippen molar-refractivity contribution in [3.8, 4) is 0 Å². The molecule has 1 aliphatic heterocycles. The van der Waals surface area contributed by atoms with Crippen molar-refractivity contribution in [1.29, 1.82) is 0 Å². The molecule has 1 saturated heterocycles. The van der Waals surface area contributed by atoms with Gasteiger partial charge in [-0.1, -0.05) is 6.92 Å². The average Bonchev–Trinajstić information content (AvgIpc) is 2.47. The quantitative estimate of drug-likeness (QED) is 0.905. The van der Waals surface area contributed by atoms with E-state index in [1.54, 1.807) is 6.20 Å². The van der Waals surface area contributed by atoms with Crippen molar-refractivity contribution in [1.82, 2.24) is 14.9 Å². The van der Waals surface area contributed by atoms with Crippen LogP contribution in [-0.4, -0.2) is 52.6 Å². The molecule has 1 aliphatic rings. The van der Waals surface area contributed by atoms with Gasteiger partial charge in [-0.2, -0.15) is 0 Å². The zero-order chi connectivity index (χ0) is 14.5. The Balaban J connectivity index is 2.11. The second-order valence-corrected chi connectivity index (χ2v) is 5.17. The number of hydrogen-bond donors (Lipinski definition) is 1. The fourth-order valence-corrected chi connectivity index (χ4v) is 2.14. The van der Waals surface area contributed by atoms with Crippen molar-refractivity contribution in [2.75, 3.05) is 25.0 Å². The molecule has 1 amide bonds. The third kappa shape index (κ3) is 3.45. The fourth-order valence-electron chi connectivity index (χ4n) is 2.14. The van der Waals surface area contributed by atoms with Crippen molar-refractivity contribution in [3.63, 3.8) is 0 Å². The van der Waals surface area contributed by atoms with Gasteiger partial charge >= 0.3 is 0 Å². The molecule has 2 unspecified atom stereocenters. The predicted molar refractivity (Wildman–Crippen MR) is 76.7 cm³/mol. The van der Waals surface area contributed by atoms with Crippen LogP contribution in [0.5, 0.6) is 0 Å². The van der Waals surface area contributed by atoms with E-state index in [9.17, 15) is 4.79 Å². The molecule has 1 fully saturated rings. The van der Waals surface area contributed by atoms with Crippen LogP contribution in [0.2, 0.25) is 0 Å². The Morgan fingerprint density at radius 2 is 2.30 bits per heavy atom. The van der Waals surface area contributed by atoms with Gasteiger partial charge in [-0.25, -0.2) is 4.98 Å². The minimum Gasteiger partial charge on any atom is -0.375 e. The molecule has 2 atom stereocenters. The van der Waals surface area contributed by atoms with Crippen molar-refractivity contribution >= 4 is 11.7 Å². The molecular weight excluding hydrogens is 256 g/mol. The smallest absolute Gasteiger partial charge is 0.274 e. The SMILES string of the molecule is CCCNc1cncc(C(=O)N2CC(C)OCC2C)n1. The zero-order valence-electron chi connectivity index (χ0n) is 12.3. The van der Waals surface area contributed by atoms with Gasteiger partial charge in [0.25, 0.3) is 5.91 Å². The van der Waals surface area contributed by atoms with Gasteiger partial charge in [-0.15, -0.1) is 0 Å². The van der Waals surface area contributed by atoms with Gasteiger partial charge < -0.3 is 15.0 Å². The highest BCUT2D eigenvalue weighted by Crippen LogP contribution is 2.15. The van der Waals surface area contributed by atoms with Crippen LogP contribution in [0.1, 0.15) is 37.7 Å². The Hall–Kier alpha value is -1.69. The van der Waals surface area contributed by atoms with Gasteiger partial charge in [0.2, 0.25) is 0 Å². The number of nitrogens with zero attached hydrogens (tertiary/aromatic N) is 3. The topological polar surface area (TPSA) is 67.4 Å². The van der Waals surface area contributed by atoms with E-state index in [0.29, 0.717) is 24.7 Å². The lowest BCUT2D eigenvalue weighted by Gasteiger charge is -2.36. The lowest BCUT2D eigenvalue weighted by Crippen LogP contribution is -2.50. The molecule has 0 radical (unpaired) electrons. The number of aromatic nitrogens is 2. The molecule has 0 bridgehead atoms. The number of hydrogen-bond acceptors (Lipinski definition) is 5. The Morgan fingerprint density at radius 3 is 3.05 bits per heavy atom. The van der Waals surface area contributed by atoms with Crippen molar-refractivity contribution in [2.24, 2.45) is 0 Å². The molecule has 1 aromatic heterocycles. The van der Waals surface area contributed by atoms with Crippen LogP contribution in [0.25, 0.3) is 0 Å². The molecule has 6 heteroatoms. The maximum Gasteiger partial charge on any atom is 0.274 e. The first-order valence-electron chi connectivity index (χ1n) is 7.10. The Labute approximate surface area is 119 Å². The van der Waals surface area contributed by atoms with Crippen molar-refractivity contribution < 1.29 is 9.53 Å². The summed E-state index contributed by atoms with van der Waals surface area (Å²) in [5.41, 5.74) is 0.382. The van der Waals surface area contributed by atoms with Crippen LogP contribution in [0, 0.1) is 0 Å². The maximum atomic E-state index is 12.5. The summed E-state index contributed by atoms with van der Waals surface area (Å²) in [5, 5.41) is 3.14. The van der Waals surface area contributed by atoms with Crippen LogP contribution < -0.4 is 5.32 Å². The second-order valence-electron chi connectivity index (χ2n) is 5.17. The molecular formula is C14H22N4O2. The Morgan fingerprint density at radius 1 is 1.50 bits per heavy atom. The number of morpholine rings is 1. The van der Waals surface area contributed by atoms with E-state index >= 15 is 0 Å². The lowest BCUT2D eigenvalue weighted by molar-refractivity contribution is -0.0389. The lowest BCUT2D eigenvalue weighted by atomic mass is 10.2. The van der Waals surface area contributed by atoms with Crippen LogP contribution in [0.15, 0.2) is 12.4 Å². The van der Waals surface area contributed by atoms with E-state index in [4.69, 9.17) is 4.74 Å². The van der Waals surface area contributed by atoms with E-state index in [2.05, 4.69) is 22.2 Å². The van der Waals surface area contributed by atoms with Gasteiger partial charge in [-0.3, -0.25) is 9.78 Å². The summed E-state index contributed by atoms with van der Waals surface area (Å²) in [6, 6.07) is 0.0627. The number of rotatable bonds is 4. The monoisotopic (exact) mass is 278 g/mol. The number of nitrogens with one attached hydrogen (secondary N) is 1. The van der Waals surface area contributed by atoms with E-state index in [0.717, 1.165) is 13.0 Å². The highest BCUT2D eigenvalue weighted by Gasteiger charge is 2.29. The molecule has 0 aromatic carbocycles. The number of amides is 1. The first-order valence-corrected chi connectivity index (χ1v) is 7.10. The summed E-state index contributed by atoms with van der Waals surface area (Å²) in [6.07, 6.45) is 4.21. The van der Waals surface area contributed by atoms with Gasteiger partial charge in [-0.05, 0) is 20.3 Å². The fraction of sp³-hybridized carbons (Fsp3) is 0.643. The number of ether oxygens (including phenoxy) is 1. The van der Waals surface area contributed by atoms with E-state index < -0.39 is 0 Å². The van der Waals surface area contributed by atoms with Gasteiger partial charge in [0.05, 0.1) is 31.1 Å². The first kappa shape index (κ1) is 14.7. The van der Waals surface area contributed by atoms with E-state index in [1.807, 2.05) is 18.7 Å². The Kier molecular flexibility index (Phi) is 4.89. The van der Waals surface area contributed by atoms with E-state index in [1.165, 1.54) is 6.20 Å². The molecule has 110 valence electrons. The summed E-state index contributed by atoms with van der Waals surface area (Å²) in [5.74, 6) is 0.562. The number of carbonyl (C=O) groups excluding carboxylic acids is 1. The number of carbonyl (C=O) groups is 1. The third-order valence-electron chi connectivity index (χ3n) is 3.28. The maximum absolute atomic E-state index is 12.5. The molecule has 20 heavy (non-hydrogen) atoms. The Bertz CT molecular complexity index is 466. The van der Waals surface area contributed by atoms with Crippen molar-refractivity contribution in [3.05, 3.63) is 18.1 Å². The normalized spacial score (nSPS) is 22.6. The van der Waals surface area contributed by atoms with Crippen LogP contribution in [0.4, 0.5) is 5.82 Å². The molecule has 6 nitrogen and oxygen atoms in total. The summed E-state index contributed by atoms with van der Waals surface area (Å²) in [6.45, 7) is 8.00. The van der Waals surface area contributed by atoms with Gasteiger partial charge in [0.1, 0.15) is 11.5 Å². The summed E-state index contributed by atoms with van der Waals surface area (Å²) >= 11 is 0. The second kappa shape index (κ2) is 6.65. The third-order valence-corrected chi connectivity index (χ3v) is 3.28. The van der Waals surface area contributed by atoms with Gasteiger partial charge in [0, 0.05) is 13.1 Å². The number of anilines is 1. The summed E-state index contributed by atoms with van der Waals surface area (Å²) < 4.78 is 5.54. The van der Waals surface area contributed by atoms with Crippen LogP contribution >= 0.6 is 0 Å².